The molecule has 1 N–H and O–H groups in total. The Morgan fingerprint density at radius 1 is 1.22 bits per heavy atom. The fourth-order valence-corrected chi connectivity index (χ4v) is 3.25. The zero-order chi connectivity index (χ0) is 12.7. The van der Waals surface area contributed by atoms with E-state index in [2.05, 4.69) is 5.16 Å². The lowest BCUT2D eigenvalue weighted by Crippen LogP contribution is -2.14. The number of oxime groups is 1. The quantitative estimate of drug-likeness (QED) is 0.470. The minimum Gasteiger partial charge on any atom is -0.411 e. The summed E-state index contributed by atoms with van der Waals surface area (Å²) in [6.45, 7) is 0. The molecule has 2 atom stereocenters. The van der Waals surface area contributed by atoms with Gasteiger partial charge in [0.1, 0.15) is 0 Å². The molecule has 1 fully saturated rings. The second-order valence-electron chi connectivity index (χ2n) is 5.11. The average Bonchev–Trinajstić information content (AvgIpc) is 2.64. The highest BCUT2D eigenvalue weighted by Crippen LogP contribution is 2.38. The lowest BCUT2D eigenvalue weighted by Gasteiger charge is -2.11. The largest absolute Gasteiger partial charge is 0.411 e. The Bertz CT molecular complexity index is 539. The normalized spacial score (nSPS) is 27.9. The van der Waals surface area contributed by atoms with Crippen LogP contribution in [-0.4, -0.2) is 15.8 Å². The number of nitro benzene ring substituents is 1. The second kappa shape index (κ2) is 4.08. The molecule has 1 aromatic rings. The molecule has 0 saturated heterocycles. The Kier molecular flexibility index (Phi) is 2.54. The van der Waals surface area contributed by atoms with E-state index in [9.17, 15) is 10.1 Å². The molecule has 5 nitrogen and oxygen atoms in total. The van der Waals surface area contributed by atoms with E-state index in [-0.39, 0.29) is 16.5 Å². The predicted octanol–water partition coefficient (Wildman–Crippen LogP) is 2.55. The van der Waals surface area contributed by atoms with Gasteiger partial charge in [0.05, 0.1) is 10.6 Å². The van der Waals surface area contributed by atoms with E-state index >= 15 is 0 Å². The van der Waals surface area contributed by atoms with E-state index in [0.717, 1.165) is 42.5 Å². The summed E-state index contributed by atoms with van der Waals surface area (Å²) in [5, 5.41) is 23.3. The van der Waals surface area contributed by atoms with Crippen molar-refractivity contribution in [2.24, 2.45) is 17.0 Å². The highest BCUT2D eigenvalue weighted by atomic mass is 16.6. The van der Waals surface area contributed by atoms with Crippen LogP contribution in [0.25, 0.3) is 0 Å². The fourth-order valence-electron chi connectivity index (χ4n) is 3.25. The molecule has 0 spiro atoms. The van der Waals surface area contributed by atoms with Gasteiger partial charge in [-0.05, 0) is 36.8 Å². The van der Waals surface area contributed by atoms with Crippen LogP contribution in [0.15, 0.2) is 23.4 Å². The Morgan fingerprint density at radius 2 is 1.89 bits per heavy atom. The number of non-ortho nitro benzene ring substituents is 1. The maximum absolute atomic E-state index is 10.8. The molecule has 5 heteroatoms. The van der Waals surface area contributed by atoms with Crippen molar-refractivity contribution >= 4 is 11.4 Å². The van der Waals surface area contributed by atoms with Gasteiger partial charge in [-0.25, -0.2) is 0 Å². The van der Waals surface area contributed by atoms with E-state index in [4.69, 9.17) is 5.21 Å². The van der Waals surface area contributed by atoms with Crippen molar-refractivity contribution in [2.45, 2.75) is 25.7 Å². The van der Waals surface area contributed by atoms with E-state index < -0.39 is 0 Å². The van der Waals surface area contributed by atoms with Gasteiger partial charge < -0.3 is 5.21 Å². The van der Waals surface area contributed by atoms with Crippen molar-refractivity contribution in [1.82, 2.24) is 0 Å². The molecule has 3 rings (SSSR count). The third-order valence-corrected chi connectivity index (χ3v) is 4.15. The summed E-state index contributed by atoms with van der Waals surface area (Å²) in [7, 11) is 0. The molecular weight excluding hydrogens is 232 g/mol. The topological polar surface area (TPSA) is 75.7 Å². The Labute approximate surface area is 104 Å². The number of nitro groups is 1. The van der Waals surface area contributed by atoms with Gasteiger partial charge in [0.25, 0.3) is 5.69 Å². The lowest BCUT2D eigenvalue weighted by atomic mass is 9.93. The van der Waals surface area contributed by atoms with Gasteiger partial charge >= 0.3 is 0 Å². The number of fused-ring (bicyclic) bond motifs is 3. The van der Waals surface area contributed by atoms with Gasteiger partial charge in [-0.15, -0.1) is 0 Å². The minimum atomic E-state index is -0.357. The zero-order valence-corrected chi connectivity index (χ0v) is 9.87. The van der Waals surface area contributed by atoms with Crippen LogP contribution in [0.1, 0.15) is 24.0 Å². The molecule has 2 bridgehead atoms. The fraction of sp³-hybridized carbons (Fsp3) is 0.462. The van der Waals surface area contributed by atoms with Crippen molar-refractivity contribution in [3.8, 4) is 0 Å². The molecule has 0 aliphatic heterocycles. The molecule has 0 amide bonds. The average molecular weight is 246 g/mol. The maximum atomic E-state index is 10.8. The summed E-state index contributed by atoms with van der Waals surface area (Å²) in [5.74, 6) is 0.561. The second-order valence-corrected chi connectivity index (χ2v) is 5.11. The standard InChI is InChI=1S/C13H14N2O3/c16-14-13-9-1-2-10(13)6-11-7-12(15(17)18)4-3-8(11)5-9/h3-4,7,9-10,16H,1-2,5-6H2/b14-13+. The summed E-state index contributed by atoms with van der Waals surface area (Å²) in [6, 6.07) is 5.09. The summed E-state index contributed by atoms with van der Waals surface area (Å²) in [6.07, 6.45) is 3.67. The van der Waals surface area contributed by atoms with E-state index in [1.54, 1.807) is 12.1 Å². The lowest BCUT2D eigenvalue weighted by molar-refractivity contribution is -0.384. The molecular formula is C13H14N2O3. The van der Waals surface area contributed by atoms with Gasteiger partial charge in [-0.2, -0.15) is 0 Å². The summed E-state index contributed by atoms with van der Waals surface area (Å²) in [5.41, 5.74) is 3.23. The summed E-state index contributed by atoms with van der Waals surface area (Å²) >= 11 is 0. The zero-order valence-electron chi connectivity index (χ0n) is 9.87. The van der Waals surface area contributed by atoms with Crippen LogP contribution in [0.4, 0.5) is 5.69 Å². The van der Waals surface area contributed by atoms with E-state index in [1.165, 1.54) is 0 Å². The van der Waals surface area contributed by atoms with E-state index in [0.29, 0.717) is 5.92 Å². The van der Waals surface area contributed by atoms with Gasteiger partial charge in [-0.1, -0.05) is 11.2 Å². The smallest absolute Gasteiger partial charge is 0.269 e. The predicted molar refractivity (Wildman–Crippen MR) is 65.9 cm³/mol. The van der Waals surface area contributed by atoms with Crippen molar-refractivity contribution < 1.29 is 10.1 Å². The van der Waals surface area contributed by atoms with Crippen LogP contribution < -0.4 is 0 Å². The number of rotatable bonds is 1. The molecule has 0 heterocycles. The highest BCUT2D eigenvalue weighted by Gasteiger charge is 2.36. The Morgan fingerprint density at radius 3 is 2.50 bits per heavy atom. The first-order chi connectivity index (χ1) is 8.69. The van der Waals surface area contributed by atoms with Gasteiger partial charge in [-0.3, -0.25) is 10.1 Å². The Hall–Kier alpha value is -1.91. The van der Waals surface area contributed by atoms with Crippen molar-refractivity contribution in [1.29, 1.82) is 0 Å². The molecule has 2 unspecified atom stereocenters. The van der Waals surface area contributed by atoms with Crippen LogP contribution in [0.3, 0.4) is 0 Å². The first-order valence-electron chi connectivity index (χ1n) is 6.17. The van der Waals surface area contributed by atoms with Crippen LogP contribution in [0.2, 0.25) is 0 Å². The number of nitrogens with zero attached hydrogens (tertiary/aromatic N) is 2. The van der Waals surface area contributed by atoms with Crippen LogP contribution in [0, 0.1) is 22.0 Å². The molecule has 18 heavy (non-hydrogen) atoms. The minimum absolute atomic E-state index is 0.147. The third kappa shape index (κ3) is 1.66. The first kappa shape index (κ1) is 11.2. The SMILES string of the molecule is O=[N+]([O-])c1ccc2c(c1)CC1CCC(C2)/C1=N\O. The van der Waals surface area contributed by atoms with Crippen LogP contribution >= 0.6 is 0 Å². The molecule has 0 radical (unpaired) electrons. The highest BCUT2D eigenvalue weighted by molar-refractivity contribution is 5.91. The number of hydrogen-bond donors (Lipinski definition) is 1. The molecule has 1 aromatic carbocycles. The monoisotopic (exact) mass is 246 g/mol. The first-order valence-corrected chi connectivity index (χ1v) is 6.17. The molecule has 2 aliphatic carbocycles. The van der Waals surface area contributed by atoms with Crippen molar-refractivity contribution in [2.75, 3.05) is 0 Å². The molecule has 1 saturated carbocycles. The summed E-state index contributed by atoms with van der Waals surface area (Å²) in [4.78, 5) is 10.4. The molecule has 0 aromatic heterocycles. The number of hydrogen-bond acceptors (Lipinski definition) is 4. The maximum Gasteiger partial charge on any atom is 0.269 e. The summed E-state index contributed by atoms with van der Waals surface area (Å²) < 4.78 is 0. The van der Waals surface area contributed by atoms with Crippen molar-refractivity contribution in [3.05, 3.63) is 39.4 Å². The van der Waals surface area contributed by atoms with Gasteiger partial charge in [0.15, 0.2) is 0 Å². The number of benzene rings is 1. The molecule has 94 valence electrons. The van der Waals surface area contributed by atoms with Gasteiger partial charge in [0.2, 0.25) is 0 Å². The third-order valence-electron chi connectivity index (χ3n) is 4.15. The molecule has 2 aliphatic rings. The van der Waals surface area contributed by atoms with Crippen LogP contribution in [-0.2, 0) is 12.8 Å². The van der Waals surface area contributed by atoms with Crippen molar-refractivity contribution in [3.63, 3.8) is 0 Å². The van der Waals surface area contributed by atoms with E-state index in [1.807, 2.05) is 6.07 Å². The van der Waals surface area contributed by atoms with Gasteiger partial charge in [0, 0.05) is 24.0 Å². The Balaban J connectivity index is 2.02. The van der Waals surface area contributed by atoms with Crippen LogP contribution in [0.5, 0.6) is 0 Å².